The van der Waals surface area contributed by atoms with Gasteiger partial charge in [0, 0.05) is 31.8 Å². The molecule has 2 aliphatic carbocycles. The molecule has 2 aliphatic rings. The maximum atomic E-state index is 13.8. The van der Waals surface area contributed by atoms with Crippen LogP contribution in [0.25, 0.3) is 28.6 Å². The van der Waals surface area contributed by atoms with Gasteiger partial charge in [-0.1, -0.05) is 62.8 Å². The molecule has 0 saturated heterocycles. The molecule has 0 radical (unpaired) electrons. The van der Waals surface area contributed by atoms with Crippen LogP contribution in [0.4, 0.5) is 0 Å². The first-order valence-corrected chi connectivity index (χ1v) is 13.6. The van der Waals surface area contributed by atoms with E-state index in [-0.39, 0.29) is 11.2 Å². The van der Waals surface area contributed by atoms with Crippen molar-refractivity contribution in [3.63, 3.8) is 0 Å². The Morgan fingerprint density at radius 2 is 1.49 bits per heavy atom. The topological polar surface area (TPSA) is 99.1 Å². The Labute approximate surface area is 216 Å². The molecule has 2 heterocycles. The van der Waals surface area contributed by atoms with Crippen molar-refractivity contribution in [3.05, 3.63) is 56.7 Å². The molecule has 2 aromatic heterocycles. The number of nitrogens with zero attached hydrogens (tertiary/aromatic N) is 4. The first-order valence-electron chi connectivity index (χ1n) is 13.6. The summed E-state index contributed by atoms with van der Waals surface area (Å²) in [6, 6.07) is 7.38. The smallest absolute Gasteiger partial charge is 0.332 e. The quantitative estimate of drug-likeness (QED) is 0.465. The van der Waals surface area contributed by atoms with Crippen molar-refractivity contribution in [1.29, 1.82) is 0 Å². The van der Waals surface area contributed by atoms with Crippen LogP contribution in [0.15, 0.2) is 39.9 Å². The van der Waals surface area contributed by atoms with E-state index in [9.17, 15) is 14.4 Å². The summed E-state index contributed by atoms with van der Waals surface area (Å²) in [5.41, 5.74) is 2.01. The minimum atomic E-state index is -1.00. The summed E-state index contributed by atoms with van der Waals surface area (Å²) in [5.74, 6) is 0.396. The van der Waals surface area contributed by atoms with Gasteiger partial charge in [0.15, 0.2) is 11.2 Å². The number of benzene rings is 1. The van der Waals surface area contributed by atoms with Crippen molar-refractivity contribution in [2.45, 2.75) is 77.3 Å². The summed E-state index contributed by atoms with van der Waals surface area (Å²) in [6.45, 7) is 1.07. The SMILES string of the molecule is Cn1c(-c2ccc(/C=C/C(=O)O)cc2)nc2c1c(=O)n(CC1CCCCC1)c(=O)n2CC1CCCCC1. The van der Waals surface area contributed by atoms with E-state index in [1.807, 2.05) is 35.9 Å². The largest absolute Gasteiger partial charge is 0.478 e. The molecule has 2 saturated carbocycles. The summed E-state index contributed by atoms with van der Waals surface area (Å²) >= 11 is 0. The lowest BCUT2D eigenvalue weighted by Gasteiger charge is -2.24. The molecule has 1 N–H and O–H groups in total. The molecule has 8 nitrogen and oxygen atoms in total. The predicted molar refractivity (Wildman–Crippen MR) is 144 cm³/mol. The molecule has 0 aliphatic heterocycles. The number of aromatic nitrogens is 4. The van der Waals surface area contributed by atoms with Gasteiger partial charge in [0.05, 0.1) is 0 Å². The van der Waals surface area contributed by atoms with Gasteiger partial charge in [-0.3, -0.25) is 13.9 Å². The van der Waals surface area contributed by atoms with Crippen LogP contribution in [0.1, 0.15) is 69.8 Å². The summed E-state index contributed by atoms with van der Waals surface area (Å²) in [6.07, 6.45) is 14.1. The van der Waals surface area contributed by atoms with Crippen LogP contribution in [0.2, 0.25) is 0 Å². The fraction of sp³-hybridized carbons (Fsp3) is 0.517. The summed E-state index contributed by atoms with van der Waals surface area (Å²) in [4.78, 5) is 43.3. The van der Waals surface area contributed by atoms with Gasteiger partial charge < -0.3 is 9.67 Å². The normalized spacial score (nSPS) is 17.6. The summed E-state index contributed by atoms with van der Waals surface area (Å²) < 4.78 is 5.06. The monoisotopic (exact) mass is 504 g/mol. The second-order valence-electron chi connectivity index (χ2n) is 10.8. The van der Waals surface area contributed by atoms with Crippen molar-refractivity contribution >= 4 is 23.2 Å². The molecule has 0 spiro atoms. The van der Waals surface area contributed by atoms with Gasteiger partial charge in [-0.2, -0.15) is 0 Å². The molecule has 0 bridgehead atoms. The Kier molecular flexibility index (Phi) is 7.44. The number of fused-ring (bicyclic) bond motifs is 1. The molecule has 8 heteroatoms. The average molecular weight is 505 g/mol. The molecule has 5 rings (SSSR count). The average Bonchev–Trinajstić information content (AvgIpc) is 3.26. The maximum Gasteiger partial charge on any atom is 0.332 e. The molecular weight excluding hydrogens is 468 g/mol. The van der Waals surface area contributed by atoms with Gasteiger partial charge in [-0.05, 0) is 49.2 Å². The van der Waals surface area contributed by atoms with Crippen LogP contribution in [0.3, 0.4) is 0 Å². The summed E-state index contributed by atoms with van der Waals surface area (Å²) in [5, 5.41) is 8.88. The first kappa shape index (κ1) is 25.2. The Bertz CT molecular complexity index is 1420. The van der Waals surface area contributed by atoms with Gasteiger partial charge in [-0.15, -0.1) is 0 Å². The van der Waals surface area contributed by atoms with Crippen molar-refractivity contribution < 1.29 is 9.90 Å². The number of aliphatic carboxylic acids is 1. The molecule has 1 aromatic carbocycles. The minimum absolute atomic E-state index is 0.229. The number of rotatable bonds is 7. The van der Waals surface area contributed by atoms with E-state index in [2.05, 4.69) is 0 Å². The molecule has 37 heavy (non-hydrogen) atoms. The molecule has 196 valence electrons. The van der Waals surface area contributed by atoms with Gasteiger partial charge >= 0.3 is 11.7 Å². The Balaban J connectivity index is 1.60. The van der Waals surface area contributed by atoms with Crippen LogP contribution in [-0.4, -0.2) is 29.8 Å². The standard InChI is InChI=1S/C29H36N4O4/c1-31-25-27(30-26(31)23-15-12-20(13-16-23)14-17-24(34)35)32(18-21-8-4-2-5-9-21)29(37)33(28(25)36)19-22-10-6-3-7-11-22/h12-17,21-22H,2-11,18-19H2,1H3,(H,34,35)/b17-14+. The number of hydrogen-bond donors (Lipinski definition) is 1. The van der Waals surface area contributed by atoms with E-state index in [0.29, 0.717) is 41.9 Å². The second-order valence-corrected chi connectivity index (χ2v) is 10.8. The highest BCUT2D eigenvalue weighted by atomic mass is 16.4. The number of imidazole rings is 1. The van der Waals surface area contributed by atoms with Crippen molar-refractivity contribution in [1.82, 2.24) is 18.7 Å². The van der Waals surface area contributed by atoms with Crippen molar-refractivity contribution in [2.24, 2.45) is 18.9 Å². The maximum absolute atomic E-state index is 13.8. The predicted octanol–water partition coefficient (Wildman–Crippen LogP) is 4.82. The van der Waals surface area contributed by atoms with E-state index >= 15 is 0 Å². The Morgan fingerprint density at radius 1 is 0.919 bits per heavy atom. The van der Waals surface area contributed by atoms with Gasteiger partial charge in [0.2, 0.25) is 0 Å². The van der Waals surface area contributed by atoms with Crippen LogP contribution < -0.4 is 11.2 Å². The van der Waals surface area contributed by atoms with Gasteiger partial charge in [-0.25, -0.2) is 14.6 Å². The van der Waals surface area contributed by atoms with E-state index in [0.717, 1.165) is 55.7 Å². The number of carboxylic acid groups (broad SMARTS) is 1. The van der Waals surface area contributed by atoms with E-state index in [4.69, 9.17) is 10.1 Å². The fourth-order valence-electron chi connectivity index (χ4n) is 6.11. The molecular formula is C29H36N4O4. The van der Waals surface area contributed by atoms with Gasteiger partial charge in [0.25, 0.3) is 5.56 Å². The van der Waals surface area contributed by atoms with Crippen LogP contribution >= 0.6 is 0 Å². The molecule has 0 atom stereocenters. The molecule has 0 unspecified atom stereocenters. The number of aryl methyl sites for hydroxylation is 1. The van der Waals surface area contributed by atoms with E-state index < -0.39 is 5.97 Å². The van der Waals surface area contributed by atoms with E-state index in [1.54, 1.807) is 4.57 Å². The highest BCUT2D eigenvalue weighted by Gasteiger charge is 2.25. The lowest BCUT2D eigenvalue weighted by Crippen LogP contribution is -2.43. The molecule has 0 amide bonds. The van der Waals surface area contributed by atoms with Crippen molar-refractivity contribution in [3.8, 4) is 11.4 Å². The number of hydrogen-bond acceptors (Lipinski definition) is 4. The second kappa shape index (κ2) is 10.9. The third-order valence-corrected chi connectivity index (χ3v) is 8.16. The lowest BCUT2D eigenvalue weighted by molar-refractivity contribution is -0.131. The van der Waals surface area contributed by atoms with Crippen LogP contribution in [0, 0.1) is 11.8 Å². The number of carbonyl (C=O) groups is 1. The zero-order valence-electron chi connectivity index (χ0n) is 21.6. The Morgan fingerprint density at radius 3 is 2.05 bits per heavy atom. The third kappa shape index (κ3) is 5.33. The minimum Gasteiger partial charge on any atom is -0.478 e. The van der Waals surface area contributed by atoms with Crippen LogP contribution in [0.5, 0.6) is 0 Å². The molecule has 3 aromatic rings. The fourth-order valence-corrected chi connectivity index (χ4v) is 6.11. The Hall–Kier alpha value is -3.42. The van der Waals surface area contributed by atoms with Crippen LogP contribution in [-0.2, 0) is 24.9 Å². The van der Waals surface area contributed by atoms with Gasteiger partial charge in [0.1, 0.15) is 5.82 Å². The highest BCUT2D eigenvalue weighted by Crippen LogP contribution is 2.28. The zero-order chi connectivity index (χ0) is 25.9. The molecule has 2 fully saturated rings. The van der Waals surface area contributed by atoms with Crippen molar-refractivity contribution in [2.75, 3.05) is 0 Å². The lowest BCUT2D eigenvalue weighted by atomic mass is 9.89. The first-order chi connectivity index (χ1) is 17.9. The summed E-state index contributed by atoms with van der Waals surface area (Å²) in [7, 11) is 1.84. The van der Waals surface area contributed by atoms with E-state index in [1.165, 1.54) is 36.3 Å². The highest BCUT2D eigenvalue weighted by molar-refractivity contribution is 5.85. The number of carboxylic acids is 1. The zero-order valence-corrected chi connectivity index (χ0v) is 21.6. The third-order valence-electron chi connectivity index (χ3n) is 8.16.